The summed E-state index contributed by atoms with van der Waals surface area (Å²) >= 11 is 0. The number of nitrogens with zero attached hydrogens (tertiary/aromatic N) is 3. The summed E-state index contributed by atoms with van der Waals surface area (Å²) in [5.74, 6) is 0.157. The Labute approximate surface area is 136 Å². The summed E-state index contributed by atoms with van der Waals surface area (Å²) in [6, 6.07) is 7.97. The molecule has 9 nitrogen and oxygen atoms in total. The van der Waals surface area contributed by atoms with Crippen molar-refractivity contribution >= 4 is 17.5 Å². The number of carbonyl (C=O) groups excluding carboxylic acids is 1. The van der Waals surface area contributed by atoms with E-state index in [1.165, 1.54) is 18.7 Å². The number of benzene rings is 1. The number of hydrogen-bond donors (Lipinski definition) is 3. The predicted molar refractivity (Wildman–Crippen MR) is 88.6 cm³/mol. The topological polar surface area (TPSA) is 135 Å². The summed E-state index contributed by atoms with van der Waals surface area (Å²) in [5, 5.41) is 14.6. The molecule has 0 radical (unpaired) electrons. The van der Waals surface area contributed by atoms with E-state index in [0.29, 0.717) is 5.69 Å². The molecule has 24 heavy (non-hydrogen) atoms. The average molecular weight is 328 g/mol. The first kappa shape index (κ1) is 16.8. The van der Waals surface area contributed by atoms with Crippen LogP contribution in [0.3, 0.4) is 0 Å². The van der Waals surface area contributed by atoms with Gasteiger partial charge in [-0.2, -0.15) is 5.26 Å². The van der Waals surface area contributed by atoms with Crippen molar-refractivity contribution < 1.29 is 4.79 Å². The van der Waals surface area contributed by atoms with Gasteiger partial charge in [0.15, 0.2) is 5.56 Å². The molecule has 0 saturated carbocycles. The molecule has 2 amide bonds. The second-order valence-corrected chi connectivity index (χ2v) is 5.08. The quantitative estimate of drug-likeness (QED) is 0.729. The molecule has 124 valence electrons. The van der Waals surface area contributed by atoms with Crippen LogP contribution in [-0.4, -0.2) is 15.2 Å². The smallest absolute Gasteiger partial charge is 0.332 e. The average Bonchev–Trinajstić information content (AvgIpc) is 2.56. The van der Waals surface area contributed by atoms with Crippen molar-refractivity contribution in [1.29, 1.82) is 5.26 Å². The van der Waals surface area contributed by atoms with Crippen LogP contribution in [0.1, 0.15) is 11.1 Å². The first-order chi connectivity index (χ1) is 11.3. The highest BCUT2D eigenvalue weighted by molar-refractivity contribution is 5.87. The number of nitrogens with one attached hydrogen (secondary N) is 2. The molecule has 0 fully saturated rings. The third kappa shape index (κ3) is 3.27. The fraction of sp³-hybridized carbons (Fsp3) is 0.200. The van der Waals surface area contributed by atoms with E-state index in [1.807, 2.05) is 6.07 Å². The molecule has 0 aliphatic carbocycles. The highest BCUT2D eigenvalue weighted by Gasteiger charge is 2.14. The third-order valence-corrected chi connectivity index (χ3v) is 3.46. The van der Waals surface area contributed by atoms with Gasteiger partial charge in [-0.3, -0.25) is 13.9 Å². The Kier molecular flexibility index (Phi) is 4.70. The minimum Gasteiger partial charge on any atom is -0.366 e. The molecule has 1 aromatic heterocycles. The zero-order valence-electron chi connectivity index (χ0n) is 13.2. The number of aromatic nitrogens is 2. The zero-order valence-corrected chi connectivity index (χ0v) is 13.2. The van der Waals surface area contributed by atoms with Gasteiger partial charge in [-0.05, 0) is 17.7 Å². The summed E-state index contributed by atoms with van der Waals surface area (Å²) < 4.78 is 2.09. The lowest BCUT2D eigenvalue weighted by Crippen LogP contribution is -2.39. The van der Waals surface area contributed by atoms with Crippen LogP contribution in [0.25, 0.3) is 0 Å². The standard InChI is InChI=1S/C15H16N6O3/c1-20-12(11(7-16)13(22)21(2)15(20)24)18-8-9-3-5-10(6-4-9)19-14(17)23/h3-6,18H,8H2,1-2H3,(H3,17,19,23). The Bertz CT molecular complexity index is 934. The fourth-order valence-corrected chi connectivity index (χ4v) is 2.19. The van der Waals surface area contributed by atoms with E-state index < -0.39 is 17.3 Å². The molecule has 1 heterocycles. The Morgan fingerprint density at radius 3 is 2.38 bits per heavy atom. The van der Waals surface area contributed by atoms with Crippen LogP contribution < -0.4 is 27.6 Å². The molecular formula is C15H16N6O3. The van der Waals surface area contributed by atoms with Crippen LogP contribution in [0.5, 0.6) is 0 Å². The molecule has 2 aromatic rings. The molecule has 1 aromatic carbocycles. The van der Waals surface area contributed by atoms with E-state index in [2.05, 4.69) is 10.6 Å². The van der Waals surface area contributed by atoms with E-state index in [4.69, 9.17) is 5.73 Å². The SMILES string of the molecule is Cn1c(NCc2ccc(NC(N)=O)cc2)c(C#N)c(=O)n(C)c1=O. The van der Waals surface area contributed by atoms with Gasteiger partial charge in [0.2, 0.25) is 0 Å². The molecule has 2 rings (SSSR count). The number of primary amides is 1. The monoisotopic (exact) mass is 328 g/mol. The van der Waals surface area contributed by atoms with Crippen molar-refractivity contribution in [3.8, 4) is 6.07 Å². The van der Waals surface area contributed by atoms with Gasteiger partial charge >= 0.3 is 11.7 Å². The summed E-state index contributed by atoms with van der Waals surface area (Å²) in [6.45, 7) is 0.284. The number of nitrogens with two attached hydrogens (primary N) is 1. The molecule has 0 aliphatic heterocycles. The highest BCUT2D eigenvalue weighted by Crippen LogP contribution is 2.12. The van der Waals surface area contributed by atoms with E-state index in [1.54, 1.807) is 24.3 Å². The van der Waals surface area contributed by atoms with Crippen molar-refractivity contribution in [2.45, 2.75) is 6.54 Å². The molecular weight excluding hydrogens is 312 g/mol. The van der Waals surface area contributed by atoms with Gasteiger partial charge in [0.1, 0.15) is 11.9 Å². The maximum absolute atomic E-state index is 12.0. The lowest BCUT2D eigenvalue weighted by molar-refractivity contribution is 0.259. The zero-order chi connectivity index (χ0) is 17.9. The van der Waals surface area contributed by atoms with Gasteiger partial charge in [-0.1, -0.05) is 12.1 Å². The van der Waals surface area contributed by atoms with Gasteiger partial charge in [-0.15, -0.1) is 0 Å². The van der Waals surface area contributed by atoms with Crippen LogP contribution in [0, 0.1) is 11.3 Å². The number of carbonyl (C=O) groups is 1. The number of hydrogen-bond acceptors (Lipinski definition) is 5. The predicted octanol–water partition coefficient (Wildman–Crippen LogP) is 0.0584. The van der Waals surface area contributed by atoms with Crippen LogP contribution in [0.4, 0.5) is 16.3 Å². The van der Waals surface area contributed by atoms with Crippen LogP contribution in [0.15, 0.2) is 33.9 Å². The maximum Gasteiger partial charge on any atom is 0.332 e. The Morgan fingerprint density at radius 2 is 1.83 bits per heavy atom. The van der Waals surface area contributed by atoms with E-state index in [-0.39, 0.29) is 17.9 Å². The Hall–Kier alpha value is -3.54. The van der Waals surface area contributed by atoms with E-state index in [0.717, 1.165) is 10.1 Å². The number of nitriles is 1. The fourth-order valence-electron chi connectivity index (χ4n) is 2.19. The largest absolute Gasteiger partial charge is 0.366 e. The van der Waals surface area contributed by atoms with Crippen molar-refractivity contribution in [2.75, 3.05) is 10.6 Å². The lowest BCUT2D eigenvalue weighted by atomic mass is 10.2. The van der Waals surface area contributed by atoms with Crippen LogP contribution >= 0.6 is 0 Å². The number of anilines is 2. The number of rotatable bonds is 4. The van der Waals surface area contributed by atoms with Gasteiger partial charge < -0.3 is 16.4 Å². The van der Waals surface area contributed by atoms with Gasteiger partial charge in [-0.25, -0.2) is 9.59 Å². The second kappa shape index (κ2) is 6.70. The van der Waals surface area contributed by atoms with Crippen molar-refractivity contribution in [3.05, 3.63) is 56.2 Å². The van der Waals surface area contributed by atoms with Gasteiger partial charge in [0.25, 0.3) is 5.56 Å². The third-order valence-electron chi connectivity index (χ3n) is 3.46. The summed E-state index contributed by atoms with van der Waals surface area (Å²) in [6.07, 6.45) is 0. The van der Waals surface area contributed by atoms with E-state index in [9.17, 15) is 19.6 Å². The molecule has 0 saturated heterocycles. The Balaban J connectivity index is 2.27. The van der Waals surface area contributed by atoms with Crippen molar-refractivity contribution in [2.24, 2.45) is 19.8 Å². The highest BCUT2D eigenvalue weighted by atomic mass is 16.2. The van der Waals surface area contributed by atoms with Crippen LogP contribution in [0.2, 0.25) is 0 Å². The summed E-state index contributed by atoms with van der Waals surface area (Å²) in [7, 11) is 2.80. The van der Waals surface area contributed by atoms with Gasteiger partial charge in [0, 0.05) is 26.3 Å². The molecule has 4 N–H and O–H groups in total. The van der Waals surface area contributed by atoms with Gasteiger partial charge in [0.05, 0.1) is 0 Å². The second-order valence-electron chi connectivity index (χ2n) is 5.08. The minimum atomic E-state index is -0.658. The van der Waals surface area contributed by atoms with Crippen LogP contribution in [-0.2, 0) is 20.6 Å². The lowest BCUT2D eigenvalue weighted by Gasteiger charge is -2.14. The first-order valence-corrected chi connectivity index (χ1v) is 6.94. The molecule has 0 spiro atoms. The summed E-state index contributed by atoms with van der Waals surface area (Å²) in [5.41, 5.74) is 5.09. The van der Waals surface area contributed by atoms with Crippen molar-refractivity contribution in [1.82, 2.24) is 9.13 Å². The molecule has 0 aliphatic rings. The summed E-state index contributed by atoms with van der Waals surface area (Å²) in [4.78, 5) is 34.7. The first-order valence-electron chi connectivity index (χ1n) is 6.94. The van der Waals surface area contributed by atoms with E-state index >= 15 is 0 Å². The Morgan fingerprint density at radius 1 is 1.21 bits per heavy atom. The number of amides is 2. The molecule has 9 heteroatoms. The normalized spacial score (nSPS) is 10.0. The number of urea groups is 1. The molecule has 0 unspecified atom stereocenters. The van der Waals surface area contributed by atoms with Crippen molar-refractivity contribution in [3.63, 3.8) is 0 Å². The molecule has 0 atom stereocenters. The maximum atomic E-state index is 12.0. The minimum absolute atomic E-state index is 0.133. The molecule has 0 bridgehead atoms.